The molecule has 1 aliphatic heterocycles. The van der Waals surface area contributed by atoms with Gasteiger partial charge in [-0.3, -0.25) is 4.79 Å². The van der Waals surface area contributed by atoms with Crippen LogP contribution in [0, 0.1) is 20.8 Å². The van der Waals surface area contributed by atoms with Crippen LogP contribution in [0.3, 0.4) is 0 Å². The molecular weight excluding hydrogens is 602 g/mol. The van der Waals surface area contributed by atoms with Crippen molar-refractivity contribution in [3.8, 4) is 5.75 Å². The number of para-hydroxylation sites is 1. The highest BCUT2D eigenvalue weighted by atomic mass is 16.5. The lowest BCUT2D eigenvalue weighted by molar-refractivity contribution is 0.0732. The van der Waals surface area contributed by atoms with E-state index in [9.17, 15) is 9.59 Å². The van der Waals surface area contributed by atoms with Gasteiger partial charge in [-0.2, -0.15) is 0 Å². The number of hydrogen-bond acceptors (Lipinski definition) is 3. The van der Waals surface area contributed by atoms with Crippen LogP contribution in [0.25, 0.3) is 0 Å². The molecule has 0 amide bonds. The average Bonchev–Trinajstić information content (AvgIpc) is 3.76. The number of ether oxygens (including phenoxy) is 1. The highest BCUT2D eigenvalue weighted by Gasteiger charge is 2.24. The maximum Gasteiger partial charge on any atom is 0.343 e. The third-order valence-corrected chi connectivity index (χ3v) is 7.18. The second-order valence-electron chi connectivity index (χ2n) is 10.3. The lowest BCUT2D eigenvalue weighted by atomic mass is 10.1. The number of aromatic nitrogens is 1. The van der Waals surface area contributed by atoms with E-state index in [0.717, 1.165) is 35.3 Å². The summed E-state index contributed by atoms with van der Waals surface area (Å²) >= 11 is 0. The van der Waals surface area contributed by atoms with Gasteiger partial charge in [0.25, 0.3) is 0 Å². The number of esters is 1. The molecule has 1 atom stereocenters. The Morgan fingerprint density at radius 2 is 1.08 bits per heavy atom. The van der Waals surface area contributed by atoms with E-state index in [-0.39, 0.29) is 11.8 Å². The van der Waals surface area contributed by atoms with Crippen molar-refractivity contribution in [1.29, 1.82) is 0 Å². The van der Waals surface area contributed by atoms with Crippen LogP contribution in [-0.4, -0.2) is 16.3 Å². The molecule has 5 aromatic rings. The van der Waals surface area contributed by atoms with Gasteiger partial charge < -0.3 is 9.30 Å². The van der Waals surface area contributed by atoms with Crippen molar-refractivity contribution in [3.63, 3.8) is 0 Å². The smallest absolute Gasteiger partial charge is 0.343 e. The van der Waals surface area contributed by atoms with Crippen molar-refractivity contribution < 1.29 is 14.3 Å². The number of benzene rings is 4. The fourth-order valence-corrected chi connectivity index (χ4v) is 4.73. The van der Waals surface area contributed by atoms with Gasteiger partial charge in [0.15, 0.2) is 0 Å². The summed E-state index contributed by atoms with van der Waals surface area (Å²) in [6.45, 7) is 25.1. The van der Waals surface area contributed by atoms with Crippen molar-refractivity contribution in [3.05, 3.63) is 161 Å². The number of ketones is 1. The van der Waals surface area contributed by atoms with E-state index in [0.29, 0.717) is 17.2 Å². The second kappa shape index (κ2) is 26.3. The Labute approximate surface area is 298 Å². The minimum atomic E-state index is -0.308. The number of carbonyl (C=O) groups is 2. The summed E-state index contributed by atoms with van der Waals surface area (Å²) in [4.78, 5) is 24.3. The van der Waals surface area contributed by atoms with Crippen molar-refractivity contribution in [2.24, 2.45) is 0 Å². The van der Waals surface area contributed by atoms with Crippen molar-refractivity contribution in [2.45, 2.75) is 102 Å². The first kappa shape index (κ1) is 44.3. The number of rotatable bonds is 4. The van der Waals surface area contributed by atoms with Crippen LogP contribution in [-0.2, 0) is 6.54 Å². The summed E-state index contributed by atoms with van der Waals surface area (Å²) in [7, 11) is 0. The molecule has 0 saturated carbocycles. The molecule has 0 saturated heterocycles. The van der Waals surface area contributed by atoms with Gasteiger partial charge in [0.1, 0.15) is 5.75 Å². The first-order chi connectivity index (χ1) is 23.8. The monoisotopic (exact) mass is 663 g/mol. The Balaban J connectivity index is 0.000000676. The maximum atomic E-state index is 12.4. The molecule has 0 aliphatic carbocycles. The molecule has 1 aromatic heterocycles. The van der Waals surface area contributed by atoms with Crippen molar-refractivity contribution in [1.82, 2.24) is 4.57 Å². The molecule has 0 fully saturated rings. The molecule has 0 bridgehead atoms. The predicted molar refractivity (Wildman–Crippen MR) is 211 cm³/mol. The van der Waals surface area contributed by atoms with Crippen LogP contribution in [0.2, 0.25) is 0 Å². The second-order valence-corrected chi connectivity index (χ2v) is 10.3. The molecule has 49 heavy (non-hydrogen) atoms. The Bertz CT molecular complexity index is 1590. The quantitative estimate of drug-likeness (QED) is 0.109. The minimum Gasteiger partial charge on any atom is -0.423 e. The molecule has 4 aromatic carbocycles. The Morgan fingerprint density at radius 1 is 0.592 bits per heavy atom. The summed E-state index contributed by atoms with van der Waals surface area (Å²) in [5.41, 5.74) is 6.70. The molecule has 6 rings (SSSR count). The zero-order chi connectivity index (χ0) is 37.2. The maximum absolute atomic E-state index is 12.4. The normalized spacial score (nSPS) is 11.5. The first-order valence-electron chi connectivity index (χ1n) is 18.0. The summed E-state index contributed by atoms with van der Waals surface area (Å²) in [6.07, 6.45) is 1.14. The van der Waals surface area contributed by atoms with Gasteiger partial charge >= 0.3 is 5.97 Å². The van der Waals surface area contributed by atoms with E-state index >= 15 is 0 Å². The number of carbonyl (C=O) groups excluding carboxylic acids is 2. The molecule has 0 N–H and O–H groups in total. The third kappa shape index (κ3) is 14.5. The van der Waals surface area contributed by atoms with Gasteiger partial charge in [0.05, 0.1) is 11.3 Å². The molecule has 1 aliphatic rings. The van der Waals surface area contributed by atoms with E-state index in [1.807, 2.05) is 160 Å². The van der Waals surface area contributed by atoms with Gasteiger partial charge in [-0.15, -0.1) is 0 Å². The van der Waals surface area contributed by atoms with E-state index in [1.165, 1.54) is 11.3 Å². The van der Waals surface area contributed by atoms with Crippen molar-refractivity contribution >= 4 is 11.8 Å². The summed E-state index contributed by atoms with van der Waals surface area (Å²) in [5, 5.41) is 0. The highest BCUT2D eigenvalue weighted by molar-refractivity contribution is 6.08. The van der Waals surface area contributed by atoms with Gasteiger partial charge in [-0.25, -0.2) is 4.79 Å². The number of aryl methyl sites for hydroxylation is 3. The van der Waals surface area contributed by atoms with E-state index in [4.69, 9.17) is 4.74 Å². The molecule has 0 spiro atoms. The van der Waals surface area contributed by atoms with Gasteiger partial charge in [0, 0.05) is 17.8 Å². The minimum absolute atomic E-state index is 0.131. The van der Waals surface area contributed by atoms with E-state index < -0.39 is 0 Å². The number of hydrogen-bond donors (Lipinski definition) is 0. The topological polar surface area (TPSA) is 48.3 Å². The summed E-state index contributed by atoms with van der Waals surface area (Å²) < 4.78 is 7.54. The molecule has 2 heterocycles. The number of nitrogens with zero attached hydrogens (tertiary/aromatic N) is 1. The lowest BCUT2D eigenvalue weighted by Crippen LogP contribution is -2.10. The van der Waals surface area contributed by atoms with Gasteiger partial charge in [0.2, 0.25) is 5.78 Å². The van der Waals surface area contributed by atoms with Crippen LogP contribution in [0.15, 0.2) is 121 Å². The van der Waals surface area contributed by atoms with Gasteiger partial charge in [-0.05, 0) is 68.5 Å². The molecule has 0 radical (unpaired) electrons. The summed E-state index contributed by atoms with van der Waals surface area (Å²) in [5.74, 6) is 1.01. The zero-order valence-corrected chi connectivity index (χ0v) is 32.2. The van der Waals surface area contributed by atoms with E-state index in [1.54, 1.807) is 12.1 Å². The Morgan fingerprint density at radius 3 is 1.59 bits per heavy atom. The standard InChI is InChI=1S/C15H15NO.C15H14O2.C7H8.4C2H6/c1-11-9-10-16-13(11)7-8-14(16)15(17)12-5-3-2-4-6-12;1-11-7-3-5-9-13(11)15(16)17-14-10-6-4-8-12(14)2;1-7-5-3-2-4-6-7;4*1-2/h2-8,11H,9-10H2,1H3;3-10H,1-2H3;2-6H,1H3;4*1-2H3. The first-order valence-corrected chi connectivity index (χ1v) is 18.0. The van der Waals surface area contributed by atoms with Crippen LogP contribution < -0.4 is 4.74 Å². The van der Waals surface area contributed by atoms with Crippen molar-refractivity contribution in [2.75, 3.05) is 0 Å². The average molecular weight is 664 g/mol. The molecule has 4 heteroatoms. The third-order valence-electron chi connectivity index (χ3n) is 7.18. The lowest BCUT2D eigenvalue weighted by Gasteiger charge is -2.08. The molecule has 264 valence electrons. The zero-order valence-electron chi connectivity index (χ0n) is 32.2. The Hall–Kier alpha value is -4.70. The fourth-order valence-electron chi connectivity index (χ4n) is 4.73. The molecule has 4 nitrogen and oxygen atoms in total. The summed E-state index contributed by atoms with van der Waals surface area (Å²) in [6, 6.07) is 38.7. The van der Waals surface area contributed by atoms with Crippen LogP contribution >= 0.6 is 0 Å². The molecule has 1 unspecified atom stereocenters. The van der Waals surface area contributed by atoms with Crippen LogP contribution in [0.4, 0.5) is 0 Å². The van der Waals surface area contributed by atoms with Gasteiger partial charge in [-0.1, -0.05) is 165 Å². The number of fused-ring (bicyclic) bond motifs is 1. The van der Waals surface area contributed by atoms with Crippen LogP contribution in [0.5, 0.6) is 5.75 Å². The predicted octanol–water partition coefficient (Wildman–Crippen LogP) is 12.8. The fraction of sp³-hybridized carbons (Fsp3) is 0.333. The largest absolute Gasteiger partial charge is 0.423 e. The highest BCUT2D eigenvalue weighted by Crippen LogP contribution is 2.30. The Kier molecular flexibility index (Phi) is 23.8. The van der Waals surface area contributed by atoms with E-state index in [2.05, 4.69) is 36.6 Å². The SMILES string of the molecule is CC.CC.CC.CC.CC1CCn2c(C(=O)c3ccccc3)ccc21.Cc1ccccc1.Cc1ccccc1OC(=O)c1ccccc1C. The van der Waals surface area contributed by atoms with Crippen LogP contribution in [0.1, 0.15) is 123 Å². The molecular formula is C45H61NO3.